The van der Waals surface area contributed by atoms with Crippen LogP contribution in [0, 0.1) is 25.2 Å². The molecule has 0 aliphatic rings. The summed E-state index contributed by atoms with van der Waals surface area (Å²) in [4.78, 5) is 4.28. The van der Waals surface area contributed by atoms with Gasteiger partial charge in [-0.25, -0.2) is 0 Å². The predicted octanol–water partition coefficient (Wildman–Crippen LogP) is 2.90. The van der Waals surface area contributed by atoms with E-state index in [2.05, 4.69) is 16.4 Å². The van der Waals surface area contributed by atoms with E-state index >= 15 is 0 Å². The molecule has 4 nitrogen and oxygen atoms in total. The van der Waals surface area contributed by atoms with Gasteiger partial charge in [0.25, 0.3) is 0 Å². The van der Waals surface area contributed by atoms with E-state index in [1.165, 1.54) is 0 Å². The lowest BCUT2D eigenvalue weighted by molar-refractivity contribution is 1.11. The van der Waals surface area contributed by atoms with Crippen LogP contribution < -0.4 is 11.1 Å². The predicted molar refractivity (Wildman–Crippen MR) is 72.6 cm³/mol. The summed E-state index contributed by atoms with van der Waals surface area (Å²) >= 11 is 0. The number of hydrogen-bond acceptors (Lipinski definition) is 4. The Kier molecular flexibility index (Phi) is 3.16. The molecule has 0 aliphatic carbocycles. The lowest BCUT2D eigenvalue weighted by Gasteiger charge is -2.11. The molecule has 0 atom stereocenters. The molecule has 90 valence electrons. The van der Waals surface area contributed by atoms with Gasteiger partial charge in [0.05, 0.1) is 16.9 Å². The van der Waals surface area contributed by atoms with Crippen molar-refractivity contribution in [2.75, 3.05) is 11.1 Å². The maximum Gasteiger partial charge on any atom is 0.103 e. The molecular weight excluding hydrogens is 224 g/mol. The highest BCUT2D eigenvalue weighted by Crippen LogP contribution is 2.24. The Morgan fingerprint density at radius 2 is 2.06 bits per heavy atom. The Balaban J connectivity index is 2.43. The van der Waals surface area contributed by atoms with Gasteiger partial charge in [-0.05, 0) is 38.1 Å². The van der Waals surface area contributed by atoms with Crippen LogP contribution in [0.15, 0.2) is 30.3 Å². The maximum absolute atomic E-state index is 9.17. The fourth-order valence-electron chi connectivity index (χ4n) is 1.84. The lowest BCUT2D eigenvalue weighted by Crippen LogP contribution is -2.00. The maximum atomic E-state index is 9.17. The zero-order valence-electron chi connectivity index (χ0n) is 10.4. The molecule has 0 unspecified atom stereocenters. The average Bonchev–Trinajstić information content (AvgIpc) is 2.28. The van der Waals surface area contributed by atoms with Crippen LogP contribution in [-0.2, 0) is 0 Å². The second-order valence-corrected chi connectivity index (χ2v) is 4.13. The van der Waals surface area contributed by atoms with E-state index in [0.29, 0.717) is 11.3 Å². The summed E-state index contributed by atoms with van der Waals surface area (Å²) in [6.45, 7) is 3.73. The molecule has 0 amide bonds. The molecule has 0 spiro atoms. The minimum atomic E-state index is 0.558. The van der Waals surface area contributed by atoms with E-state index in [-0.39, 0.29) is 0 Å². The number of rotatable bonds is 2. The standard InChI is InChI=1S/C14H14N4/c1-9-6-14(13(8-15)10(2)17-9)18-12-5-3-4-11(16)7-12/h3-7H,16H2,1-2H3,(H,17,18). The number of pyridine rings is 1. The molecule has 0 aliphatic heterocycles. The first-order valence-electron chi connectivity index (χ1n) is 5.61. The summed E-state index contributed by atoms with van der Waals surface area (Å²) < 4.78 is 0. The average molecular weight is 238 g/mol. The van der Waals surface area contributed by atoms with Gasteiger partial charge in [-0.2, -0.15) is 5.26 Å². The smallest absolute Gasteiger partial charge is 0.103 e. The number of nitrogens with one attached hydrogen (secondary N) is 1. The molecular formula is C14H14N4. The lowest BCUT2D eigenvalue weighted by atomic mass is 10.1. The zero-order chi connectivity index (χ0) is 13.1. The molecule has 0 bridgehead atoms. The Morgan fingerprint density at radius 3 is 2.72 bits per heavy atom. The summed E-state index contributed by atoms with van der Waals surface area (Å²) in [5.41, 5.74) is 10.2. The second-order valence-electron chi connectivity index (χ2n) is 4.13. The van der Waals surface area contributed by atoms with Gasteiger partial charge in [-0.15, -0.1) is 0 Å². The summed E-state index contributed by atoms with van der Waals surface area (Å²) in [7, 11) is 0. The van der Waals surface area contributed by atoms with Crippen molar-refractivity contribution in [1.82, 2.24) is 4.98 Å². The van der Waals surface area contributed by atoms with Crippen molar-refractivity contribution in [2.45, 2.75) is 13.8 Å². The van der Waals surface area contributed by atoms with Crippen molar-refractivity contribution in [3.05, 3.63) is 47.3 Å². The first-order chi connectivity index (χ1) is 8.60. The number of nitrogens with two attached hydrogens (primary N) is 1. The van der Waals surface area contributed by atoms with Crippen molar-refractivity contribution < 1.29 is 0 Å². The van der Waals surface area contributed by atoms with Gasteiger partial charge in [0.2, 0.25) is 0 Å². The minimum absolute atomic E-state index is 0.558. The monoisotopic (exact) mass is 238 g/mol. The van der Waals surface area contributed by atoms with Crippen LogP contribution in [0.25, 0.3) is 0 Å². The molecule has 2 aromatic rings. The fourth-order valence-corrected chi connectivity index (χ4v) is 1.84. The van der Waals surface area contributed by atoms with Crippen LogP contribution in [0.1, 0.15) is 17.0 Å². The molecule has 1 aromatic carbocycles. The number of anilines is 3. The minimum Gasteiger partial charge on any atom is -0.399 e. The third kappa shape index (κ3) is 2.41. The zero-order valence-corrected chi connectivity index (χ0v) is 10.4. The van der Waals surface area contributed by atoms with Gasteiger partial charge in [-0.1, -0.05) is 6.07 Å². The van der Waals surface area contributed by atoms with Crippen LogP contribution in [0.2, 0.25) is 0 Å². The largest absolute Gasteiger partial charge is 0.399 e. The van der Waals surface area contributed by atoms with Gasteiger partial charge in [0, 0.05) is 17.1 Å². The van der Waals surface area contributed by atoms with Crippen LogP contribution in [0.5, 0.6) is 0 Å². The summed E-state index contributed by atoms with van der Waals surface area (Å²) in [5, 5.41) is 12.4. The van der Waals surface area contributed by atoms with E-state index in [0.717, 1.165) is 22.8 Å². The van der Waals surface area contributed by atoms with Gasteiger partial charge in [0.15, 0.2) is 0 Å². The van der Waals surface area contributed by atoms with Crippen LogP contribution in [0.3, 0.4) is 0 Å². The van der Waals surface area contributed by atoms with E-state index < -0.39 is 0 Å². The summed E-state index contributed by atoms with van der Waals surface area (Å²) in [6, 6.07) is 11.4. The molecule has 1 aromatic heterocycles. The normalized spacial score (nSPS) is 9.83. The van der Waals surface area contributed by atoms with E-state index in [4.69, 9.17) is 11.0 Å². The third-order valence-corrected chi connectivity index (χ3v) is 2.61. The van der Waals surface area contributed by atoms with Crippen molar-refractivity contribution >= 4 is 17.1 Å². The number of aryl methyl sites for hydroxylation is 2. The number of benzene rings is 1. The molecule has 1 heterocycles. The highest BCUT2D eigenvalue weighted by Gasteiger charge is 2.08. The molecule has 0 radical (unpaired) electrons. The number of hydrogen-bond donors (Lipinski definition) is 2. The van der Waals surface area contributed by atoms with Gasteiger partial charge in [0.1, 0.15) is 6.07 Å². The third-order valence-electron chi connectivity index (χ3n) is 2.61. The quantitative estimate of drug-likeness (QED) is 0.789. The Hall–Kier alpha value is -2.54. The van der Waals surface area contributed by atoms with Gasteiger partial charge >= 0.3 is 0 Å². The van der Waals surface area contributed by atoms with Crippen molar-refractivity contribution in [1.29, 1.82) is 5.26 Å². The number of nitriles is 1. The number of aromatic nitrogens is 1. The van der Waals surface area contributed by atoms with Crippen molar-refractivity contribution in [2.24, 2.45) is 0 Å². The highest BCUT2D eigenvalue weighted by atomic mass is 14.9. The van der Waals surface area contributed by atoms with Gasteiger partial charge in [-0.3, -0.25) is 4.98 Å². The fraction of sp³-hybridized carbons (Fsp3) is 0.143. The van der Waals surface area contributed by atoms with Crippen LogP contribution in [0.4, 0.5) is 17.1 Å². The molecule has 3 N–H and O–H groups in total. The summed E-state index contributed by atoms with van der Waals surface area (Å²) in [5.74, 6) is 0. The van der Waals surface area contributed by atoms with E-state index in [1.807, 2.05) is 44.2 Å². The van der Waals surface area contributed by atoms with E-state index in [1.54, 1.807) is 0 Å². The second kappa shape index (κ2) is 4.76. The first kappa shape index (κ1) is 11.9. The van der Waals surface area contributed by atoms with Crippen LogP contribution in [-0.4, -0.2) is 4.98 Å². The highest BCUT2D eigenvalue weighted by molar-refractivity contribution is 5.69. The number of nitrogen functional groups attached to an aromatic ring is 1. The van der Waals surface area contributed by atoms with Crippen molar-refractivity contribution in [3.8, 4) is 6.07 Å². The molecule has 2 rings (SSSR count). The van der Waals surface area contributed by atoms with E-state index in [9.17, 15) is 0 Å². The number of nitrogens with zero attached hydrogens (tertiary/aromatic N) is 2. The van der Waals surface area contributed by atoms with Gasteiger partial charge < -0.3 is 11.1 Å². The van der Waals surface area contributed by atoms with Crippen LogP contribution >= 0.6 is 0 Å². The van der Waals surface area contributed by atoms with Crippen molar-refractivity contribution in [3.63, 3.8) is 0 Å². The molecule has 0 saturated carbocycles. The molecule has 0 saturated heterocycles. The Bertz CT molecular complexity index is 626. The first-order valence-corrected chi connectivity index (χ1v) is 5.61. The Labute approximate surface area is 106 Å². The molecule has 0 fully saturated rings. The molecule has 4 heteroatoms. The SMILES string of the molecule is Cc1cc(Nc2cccc(N)c2)c(C#N)c(C)n1. The summed E-state index contributed by atoms with van der Waals surface area (Å²) in [6.07, 6.45) is 0. The topological polar surface area (TPSA) is 74.7 Å². The molecule has 18 heavy (non-hydrogen) atoms. The Morgan fingerprint density at radius 1 is 1.28 bits per heavy atom.